The molecular formula is C11H19N3S. The zero-order valence-corrected chi connectivity index (χ0v) is 10.5. The standard InChI is InChI=1S/C11H19N3S/c1-4-10-11(13-8(2)15-10)9-7-12-5-6-14(9)3/h9,12H,4-7H2,1-3H3. The van der Waals surface area contributed by atoms with Crippen LogP contribution in [0.3, 0.4) is 0 Å². The van der Waals surface area contributed by atoms with E-state index in [0.717, 1.165) is 26.1 Å². The molecule has 1 saturated heterocycles. The maximum absolute atomic E-state index is 4.69. The first-order valence-electron chi connectivity index (χ1n) is 5.59. The van der Waals surface area contributed by atoms with E-state index in [1.165, 1.54) is 15.6 Å². The van der Waals surface area contributed by atoms with Crippen molar-refractivity contribution >= 4 is 11.3 Å². The number of hydrogen-bond acceptors (Lipinski definition) is 4. The van der Waals surface area contributed by atoms with Crippen LogP contribution in [0.2, 0.25) is 0 Å². The van der Waals surface area contributed by atoms with Gasteiger partial charge in [-0.1, -0.05) is 6.92 Å². The topological polar surface area (TPSA) is 28.2 Å². The van der Waals surface area contributed by atoms with Crippen LogP contribution in [0.15, 0.2) is 0 Å². The predicted octanol–water partition coefficient (Wildman–Crippen LogP) is 1.59. The molecule has 0 spiro atoms. The third kappa shape index (κ3) is 2.22. The maximum Gasteiger partial charge on any atom is 0.0900 e. The SMILES string of the molecule is CCc1sc(C)nc1C1CNCCN1C. The van der Waals surface area contributed by atoms with Crippen molar-refractivity contribution in [2.24, 2.45) is 0 Å². The molecule has 1 aromatic rings. The molecule has 0 amide bonds. The van der Waals surface area contributed by atoms with Gasteiger partial charge in [-0.05, 0) is 20.4 Å². The van der Waals surface area contributed by atoms with E-state index in [9.17, 15) is 0 Å². The second-order valence-corrected chi connectivity index (χ2v) is 5.38. The highest BCUT2D eigenvalue weighted by Gasteiger charge is 2.24. The van der Waals surface area contributed by atoms with Crippen LogP contribution >= 0.6 is 11.3 Å². The number of hydrogen-bond donors (Lipinski definition) is 1. The normalized spacial score (nSPS) is 23.3. The second-order valence-electron chi connectivity index (χ2n) is 4.10. The Balaban J connectivity index is 2.26. The van der Waals surface area contributed by atoms with Gasteiger partial charge in [-0.15, -0.1) is 11.3 Å². The van der Waals surface area contributed by atoms with E-state index in [2.05, 4.69) is 31.1 Å². The van der Waals surface area contributed by atoms with Gasteiger partial charge in [0.2, 0.25) is 0 Å². The summed E-state index contributed by atoms with van der Waals surface area (Å²) in [5.41, 5.74) is 1.30. The molecule has 1 unspecified atom stereocenters. The number of rotatable bonds is 2. The molecule has 0 aromatic carbocycles. The zero-order valence-electron chi connectivity index (χ0n) is 9.71. The van der Waals surface area contributed by atoms with Gasteiger partial charge in [0.25, 0.3) is 0 Å². The molecule has 84 valence electrons. The number of nitrogens with one attached hydrogen (secondary N) is 1. The largest absolute Gasteiger partial charge is 0.313 e. The van der Waals surface area contributed by atoms with Crippen LogP contribution in [-0.2, 0) is 6.42 Å². The van der Waals surface area contributed by atoms with E-state index in [4.69, 9.17) is 4.98 Å². The van der Waals surface area contributed by atoms with Gasteiger partial charge in [0.15, 0.2) is 0 Å². The number of likely N-dealkylation sites (N-methyl/N-ethyl adjacent to an activating group) is 1. The fourth-order valence-electron chi connectivity index (χ4n) is 2.11. The summed E-state index contributed by atoms with van der Waals surface area (Å²) in [6, 6.07) is 0.471. The van der Waals surface area contributed by atoms with Crippen LogP contribution < -0.4 is 5.32 Å². The average Bonchev–Trinajstić information content (AvgIpc) is 2.60. The fourth-order valence-corrected chi connectivity index (χ4v) is 3.04. The van der Waals surface area contributed by atoms with Crippen molar-refractivity contribution in [1.82, 2.24) is 15.2 Å². The Bertz CT molecular complexity index is 335. The van der Waals surface area contributed by atoms with Crippen molar-refractivity contribution in [2.45, 2.75) is 26.3 Å². The monoisotopic (exact) mass is 225 g/mol. The van der Waals surface area contributed by atoms with E-state index >= 15 is 0 Å². The van der Waals surface area contributed by atoms with Gasteiger partial charge in [-0.3, -0.25) is 4.90 Å². The molecule has 2 heterocycles. The molecule has 1 N–H and O–H groups in total. The van der Waals surface area contributed by atoms with Gasteiger partial charge in [-0.25, -0.2) is 4.98 Å². The van der Waals surface area contributed by atoms with Crippen molar-refractivity contribution in [2.75, 3.05) is 26.7 Å². The minimum absolute atomic E-state index is 0.471. The first-order valence-corrected chi connectivity index (χ1v) is 6.41. The van der Waals surface area contributed by atoms with Gasteiger partial charge in [0.1, 0.15) is 0 Å². The Morgan fingerprint density at radius 2 is 2.40 bits per heavy atom. The summed E-state index contributed by atoms with van der Waals surface area (Å²) >= 11 is 1.84. The van der Waals surface area contributed by atoms with Crippen molar-refractivity contribution in [1.29, 1.82) is 0 Å². The quantitative estimate of drug-likeness (QED) is 0.828. The van der Waals surface area contributed by atoms with Crippen LogP contribution in [0.5, 0.6) is 0 Å². The van der Waals surface area contributed by atoms with Gasteiger partial charge in [0, 0.05) is 24.5 Å². The van der Waals surface area contributed by atoms with Gasteiger partial charge >= 0.3 is 0 Å². The summed E-state index contributed by atoms with van der Waals surface area (Å²) in [6.45, 7) is 7.56. The summed E-state index contributed by atoms with van der Waals surface area (Å²) in [6.07, 6.45) is 1.10. The molecule has 0 saturated carbocycles. The Kier molecular flexibility index (Phi) is 3.38. The molecule has 1 fully saturated rings. The molecule has 0 aliphatic carbocycles. The Hall–Kier alpha value is -0.450. The highest BCUT2D eigenvalue weighted by atomic mass is 32.1. The summed E-state index contributed by atoms with van der Waals surface area (Å²) in [7, 11) is 2.19. The van der Waals surface area contributed by atoms with E-state index < -0.39 is 0 Å². The fraction of sp³-hybridized carbons (Fsp3) is 0.727. The van der Waals surface area contributed by atoms with Crippen LogP contribution in [-0.4, -0.2) is 36.6 Å². The molecule has 3 nitrogen and oxygen atoms in total. The molecule has 15 heavy (non-hydrogen) atoms. The highest BCUT2D eigenvalue weighted by molar-refractivity contribution is 7.11. The number of nitrogens with zero attached hydrogens (tertiary/aromatic N) is 2. The van der Waals surface area contributed by atoms with E-state index in [0.29, 0.717) is 6.04 Å². The Morgan fingerprint density at radius 1 is 1.60 bits per heavy atom. The lowest BCUT2D eigenvalue weighted by molar-refractivity contribution is 0.198. The van der Waals surface area contributed by atoms with E-state index in [1.807, 2.05) is 11.3 Å². The first kappa shape index (κ1) is 11.0. The van der Waals surface area contributed by atoms with Crippen LogP contribution in [0.25, 0.3) is 0 Å². The van der Waals surface area contributed by atoms with E-state index in [-0.39, 0.29) is 0 Å². The molecule has 4 heteroatoms. The molecule has 2 rings (SSSR count). The van der Waals surface area contributed by atoms with Gasteiger partial charge in [-0.2, -0.15) is 0 Å². The lowest BCUT2D eigenvalue weighted by atomic mass is 10.1. The summed E-state index contributed by atoms with van der Waals surface area (Å²) < 4.78 is 0. The predicted molar refractivity (Wildman–Crippen MR) is 64.5 cm³/mol. The lowest BCUT2D eigenvalue weighted by Gasteiger charge is -2.32. The second kappa shape index (κ2) is 4.60. The molecular weight excluding hydrogens is 206 g/mol. The summed E-state index contributed by atoms with van der Waals surface area (Å²) in [4.78, 5) is 8.55. The number of aryl methyl sites for hydroxylation is 2. The number of piperazine rings is 1. The third-order valence-corrected chi connectivity index (χ3v) is 4.11. The van der Waals surface area contributed by atoms with Crippen molar-refractivity contribution in [3.63, 3.8) is 0 Å². The zero-order chi connectivity index (χ0) is 10.8. The average molecular weight is 225 g/mol. The van der Waals surface area contributed by atoms with Crippen LogP contribution in [0.1, 0.15) is 28.5 Å². The molecule has 1 aliphatic heterocycles. The lowest BCUT2D eigenvalue weighted by Crippen LogP contribution is -2.44. The molecule has 1 atom stereocenters. The Labute approximate surface area is 95.5 Å². The highest BCUT2D eigenvalue weighted by Crippen LogP contribution is 2.28. The van der Waals surface area contributed by atoms with Crippen molar-refractivity contribution in [3.8, 4) is 0 Å². The van der Waals surface area contributed by atoms with Crippen LogP contribution in [0, 0.1) is 6.92 Å². The van der Waals surface area contributed by atoms with Crippen molar-refractivity contribution < 1.29 is 0 Å². The molecule has 0 bridgehead atoms. The van der Waals surface area contributed by atoms with Gasteiger partial charge < -0.3 is 5.32 Å². The molecule has 0 radical (unpaired) electrons. The maximum atomic E-state index is 4.69. The molecule has 1 aliphatic rings. The van der Waals surface area contributed by atoms with Crippen molar-refractivity contribution in [3.05, 3.63) is 15.6 Å². The minimum Gasteiger partial charge on any atom is -0.313 e. The first-order chi connectivity index (χ1) is 7.22. The third-order valence-electron chi connectivity index (χ3n) is 2.98. The molecule has 1 aromatic heterocycles. The number of thiazole rings is 1. The van der Waals surface area contributed by atoms with Crippen LogP contribution in [0.4, 0.5) is 0 Å². The Morgan fingerprint density at radius 3 is 3.07 bits per heavy atom. The van der Waals surface area contributed by atoms with Gasteiger partial charge in [0.05, 0.1) is 16.7 Å². The summed E-state index contributed by atoms with van der Waals surface area (Å²) in [5, 5.41) is 4.64. The summed E-state index contributed by atoms with van der Waals surface area (Å²) in [5.74, 6) is 0. The van der Waals surface area contributed by atoms with E-state index in [1.54, 1.807) is 0 Å². The number of aromatic nitrogens is 1. The minimum atomic E-state index is 0.471. The smallest absolute Gasteiger partial charge is 0.0900 e.